The summed E-state index contributed by atoms with van der Waals surface area (Å²) in [5.41, 5.74) is 3.55. The Bertz CT molecular complexity index is 1040. The van der Waals surface area contributed by atoms with Gasteiger partial charge in [0, 0.05) is 18.2 Å². The second kappa shape index (κ2) is 9.60. The van der Waals surface area contributed by atoms with Gasteiger partial charge in [0.2, 0.25) is 0 Å². The molecular formula is C19H18N6O3S. The molecule has 1 aromatic heterocycles. The van der Waals surface area contributed by atoms with Crippen molar-refractivity contribution in [1.82, 2.24) is 20.2 Å². The highest BCUT2D eigenvalue weighted by Gasteiger charge is 2.14. The number of thioether (sulfide) groups is 1. The van der Waals surface area contributed by atoms with Gasteiger partial charge in [0.05, 0.1) is 22.5 Å². The van der Waals surface area contributed by atoms with Crippen molar-refractivity contribution in [1.29, 1.82) is 0 Å². The molecule has 148 valence electrons. The molecule has 3 rings (SSSR count). The second-order valence-electron chi connectivity index (χ2n) is 5.81. The number of nitro benzene ring substituents is 1. The Kier molecular flexibility index (Phi) is 6.69. The van der Waals surface area contributed by atoms with Gasteiger partial charge in [-0.2, -0.15) is 5.10 Å². The van der Waals surface area contributed by atoms with Gasteiger partial charge in [-0.05, 0) is 13.0 Å². The summed E-state index contributed by atoms with van der Waals surface area (Å²) in [7, 11) is 0. The maximum Gasteiger partial charge on any atom is 0.278 e. The van der Waals surface area contributed by atoms with Gasteiger partial charge in [0.25, 0.3) is 11.6 Å². The lowest BCUT2D eigenvalue weighted by Gasteiger charge is -2.06. The minimum Gasteiger partial charge on any atom is -0.302 e. The average molecular weight is 410 g/mol. The summed E-state index contributed by atoms with van der Waals surface area (Å²) in [6.45, 7) is 2.65. The van der Waals surface area contributed by atoms with Crippen LogP contribution in [0.15, 0.2) is 64.9 Å². The standard InChI is InChI=1S/C19H18N6O3S/c1-2-24-18(14-8-4-3-5-9-14)22-23-19(24)29-13-17(26)21-20-12-15-10-6-7-11-16(15)25(27)28/h3-12H,2,13H2,1H3,(H,21,26). The Morgan fingerprint density at radius 1 is 1.21 bits per heavy atom. The van der Waals surface area contributed by atoms with E-state index in [-0.39, 0.29) is 17.3 Å². The van der Waals surface area contributed by atoms with Crippen molar-refractivity contribution in [3.05, 3.63) is 70.3 Å². The number of amides is 1. The molecule has 10 heteroatoms. The zero-order valence-corrected chi connectivity index (χ0v) is 16.4. The molecule has 0 saturated carbocycles. The number of carbonyl (C=O) groups excluding carboxylic acids is 1. The predicted octanol–water partition coefficient (Wildman–Crippen LogP) is 3.12. The molecule has 0 aliphatic heterocycles. The molecule has 0 aliphatic carbocycles. The number of rotatable bonds is 8. The van der Waals surface area contributed by atoms with Gasteiger partial charge < -0.3 is 4.57 Å². The van der Waals surface area contributed by atoms with E-state index in [1.807, 2.05) is 41.8 Å². The van der Waals surface area contributed by atoms with E-state index in [0.29, 0.717) is 17.3 Å². The lowest BCUT2D eigenvalue weighted by atomic mass is 10.2. The average Bonchev–Trinajstić information content (AvgIpc) is 3.16. The molecule has 29 heavy (non-hydrogen) atoms. The van der Waals surface area contributed by atoms with E-state index in [1.54, 1.807) is 18.2 Å². The molecule has 0 saturated heterocycles. The summed E-state index contributed by atoms with van der Waals surface area (Å²) in [5, 5.41) is 23.8. The Labute approximate surface area is 171 Å². The van der Waals surface area contributed by atoms with Crippen LogP contribution in [0.25, 0.3) is 11.4 Å². The van der Waals surface area contributed by atoms with Gasteiger partial charge >= 0.3 is 0 Å². The maximum absolute atomic E-state index is 12.1. The number of nitrogens with zero attached hydrogens (tertiary/aromatic N) is 5. The molecule has 0 bridgehead atoms. The van der Waals surface area contributed by atoms with Crippen LogP contribution in [0.4, 0.5) is 5.69 Å². The van der Waals surface area contributed by atoms with Crippen LogP contribution >= 0.6 is 11.8 Å². The topological polar surface area (TPSA) is 115 Å². The van der Waals surface area contributed by atoms with E-state index in [9.17, 15) is 14.9 Å². The van der Waals surface area contributed by atoms with Crippen molar-refractivity contribution < 1.29 is 9.72 Å². The molecule has 0 aliphatic rings. The number of hydrogen-bond acceptors (Lipinski definition) is 7. The highest BCUT2D eigenvalue weighted by atomic mass is 32.2. The monoisotopic (exact) mass is 410 g/mol. The predicted molar refractivity (Wildman–Crippen MR) is 111 cm³/mol. The molecule has 0 radical (unpaired) electrons. The van der Waals surface area contributed by atoms with Crippen molar-refractivity contribution in [3.8, 4) is 11.4 Å². The largest absolute Gasteiger partial charge is 0.302 e. The highest BCUT2D eigenvalue weighted by Crippen LogP contribution is 2.23. The number of aromatic nitrogens is 3. The van der Waals surface area contributed by atoms with Gasteiger partial charge in [0.1, 0.15) is 0 Å². The van der Waals surface area contributed by atoms with Crippen molar-refractivity contribution in [3.63, 3.8) is 0 Å². The maximum atomic E-state index is 12.1. The van der Waals surface area contributed by atoms with Crippen LogP contribution in [0, 0.1) is 10.1 Å². The summed E-state index contributed by atoms with van der Waals surface area (Å²) < 4.78 is 1.93. The van der Waals surface area contributed by atoms with Crippen LogP contribution < -0.4 is 5.43 Å². The van der Waals surface area contributed by atoms with Gasteiger partial charge in [-0.25, -0.2) is 5.43 Å². The minimum absolute atomic E-state index is 0.0793. The Hall–Kier alpha value is -3.53. The summed E-state index contributed by atoms with van der Waals surface area (Å²) in [6, 6.07) is 15.9. The zero-order chi connectivity index (χ0) is 20.6. The van der Waals surface area contributed by atoms with E-state index < -0.39 is 4.92 Å². The van der Waals surface area contributed by atoms with Gasteiger partial charge in [-0.3, -0.25) is 14.9 Å². The fourth-order valence-corrected chi connectivity index (χ4v) is 3.38. The fraction of sp³-hybridized carbons (Fsp3) is 0.158. The first kappa shape index (κ1) is 20.2. The van der Waals surface area contributed by atoms with Gasteiger partial charge in [0.15, 0.2) is 11.0 Å². The van der Waals surface area contributed by atoms with E-state index in [2.05, 4.69) is 20.7 Å². The van der Waals surface area contributed by atoms with Crippen LogP contribution in [-0.4, -0.2) is 37.6 Å². The van der Waals surface area contributed by atoms with Crippen LogP contribution in [0.2, 0.25) is 0 Å². The third-order valence-electron chi connectivity index (χ3n) is 3.92. The third-order valence-corrected chi connectivity index (χ3v) is 4.89. The molecule has 1 heterocycles. The Morgan fingerprint density at radius 2 is 1.93 bits per heavy atom. The quantitative estimate of drug-likeness (QED) is 0.264. The molecule has 1 amide bonds. The number of hydrazone groups is 1. The third kappa shape index (κ3) is 5.05. The van der Waals surface area contributed by atoms with Crippen LogP contribution in [0.3, 0.4) is 0 Å². The zero-order valence-electron chi connectivity index (χ0n) is 15.6. The van der Waals surface area contributed by atoms with E-state index >= 15 is 0 Å². The fourth-order valence-electron chi connectivity index (χ4n) is 2.58. The van der Waals surface area contributed by atoms with Crippen LogP contribution in [-0.2, 0) is 11.3 Å². The highest BCUT2D eigenvalue weighted by molar-refractivity contribution is 7.99. The summed E-state index contributed by atoms with van der Waals surface area (Å²) in [5.74, 6) is 0.475. The molecular weight excluding hydrogens is 392 g/mol. The number of hydrogen-bond donors (Lipinski definition) is 1. The lowest BCUT2D eigenvalue weighted by Crippen LogP contribution is -2.20. The summed E-state index contributed by atoms with van der Waals surface area (Å²) in [4.78, 5) is 22.5. The number of carbonyl (C=O) groups is 1. The number of nitro groups is 1. The first-order valence-electron chi connectivity index (χ1n) is 8.77. The van der Waals surface area contributed by atoms with Crippen molar-refractivity contribution in [2.75, 3.05) is 5.75 Å². The van der Waals surface area contributed by atoms with Crippen LogP contribution in [0.5, 0.6) is 0 Å². The summed E-state index contributed by atoms with van der Waals surface area (Å²) >= 11 is 1.24. The van der Waals surface area contributed by atoms with Crippen LogP contribution in [0.1, 0.15) is 12.5 Å². The number of nitrogens with one attached hydrogen (secondary N) is 1. The molecule has 0 unspecified atom stereocenters. The molecule has 0 spiro atoms. The molecule has 0 fully saturated rings. The first-order valence-corrected chi connectivity index (χ1v) is 9.75. The molecule has 0 atom stereocenters. The molecule has 9 nitrogen and oxygen atoms in total. The summed E-state index contributed by atoms with van der Waals surface area (Å²) in [6.07, 6.45) is 1.25. The van der Waals surface area contributed by atoms with Crippen molar-refractivity contribution in [2.45, 2.75) is 18.6 Å². The molecule has 3 aromatic rings. The second-order valence-corrected chi connectivity index (χ2v) is 6.76. The SMILES string of the molecule is CCn1c(SCC(=O)NN=Cc2ccccc2[N+](=O)[O-])nnc1-c1ccccc1. The van der Waals surface area contributed by atoms with E-state index in [4.69, 9.17) is 0 Å². The van der Waals surface area contributed by atoms with Gasteiger partial charge in [-0.15, -0.1) is 10.2 Å². The molecule has 1 N–H and O–H groups in total. The van der Waals surface area contributed by atoms with Crippen molar-refractivity contribution >= 4 is 29.6 Å². The van der Waals surface area contributed by atoms with Gasteiger partial charge in [-0.1, -0.05) is 54.2 Å². The molecule has 2 aromatic carbocycles. The Morgan fingerprint density at radius 3 is 2.66 bits per heavy atom. The lowest BCUT2D eigenvalue weighted by molar-refractivity contribution is -0.385. The first-order chi connectivity index (χ1) is 14.1. The normalized spacial score (nSPS) is 10.9. The van der Waals surface area contributed by atoms with E-state index in [1.165, 1.54) is 24.0 Å². The smallest absolute Gasteiger partial charge is 0.278 e. The number of para-hydroxylation sites is 1. The number of benzene rings is 2. The van der Waals surface area contributed by atoms with Crippen molar-refractivity contribution in [2.24, 2.45) is 5.10 Å². The van der Waals surface area contributed by atoms with E-state index in [0.717, 1.165) is 11.4 Å². The minimum atomic E-state index is -0.499. The Balaban J connectivity index is 1.60.